The molecule has 0 atom stereocenters. The van der Waals surface area contributed by atoms with Gasteiger partial charge in [0.1, 0.15) is 5.15 Å². The van der Waals surface area contributed by atoms with E-state index in [0.29, 0.717) is 22.1 Å². The molecule has 0 spiro atoms. The molecule has 0 aliphatic carbocycles. The lowest BCUT2D eigenvalue weighted by molar-refractivity contribution is -0.139. The number of carbonyl (C=O) groups excluding carboxylic acids is 1. The predicted octanol–water partition coefficient (Wildman–Crippen LogP) is 2.58. The number of halogens is 1. The van der Waals surface area contributed by atoms with Gasteiger partial charge in [-0.15, -0.1) is 0 Å². The Morgan fingerprint density at radius 3 is 3.00 bits per heavy atom. The lowest BCUT2D eigenvalue weighted by Gasteiger charge is -1.97. The second-order valence-corrected chi connectivity index (χ2v) is 5.47. The van der Waals surface area contributed by atoms with Crippen LogP contribution in [0.4, 0.5) is 0 Å². The lowest BCUT2D eigenvalue weighted by atomic mass is 10.2. The maximum absolute atomic E-state index is 11.8. The highest BCUT2D eigenvalue weighted by Gasteiger charge is 2.11. The first-order valence-corrected chi connectivity index (χ1v) is 7.69. The van der Waals surface area contributed by atoms with E-state index < -0.39 is 5.97 Å². The topological polar surface area (TPSA) is 95.9 Å². The van der Waals surface area contributed by atoms with Crippen molar-refractivity contribution in [2.75, 3.05) is 0 Å². The largest absolute Gasteiger partial charge is 0.452 e. The van der Waals surface area contributed by atoms with Crippen LogP contribution in [0.3, 0.4) is 0 Å². The standard InChI is InChI=1S/C16H14ClN5O3/c1-10-12(15(17)22(2)20-10)5-6-14(23)24-9-13-19-16(21-25-13)11-4-3-7-18-8-11/h3-8H,9H2,1-2H3/b6-5+. The van der Waals surface area contributed by atoms with Crippen molar-refractivity contribution in [2.45, 2.75) is 13.5 Å². The van der Waals surface area contributed by atoms with Crippen LogP contribution in [0, 0.1) is 6.92 Å². The number of esters is 1. The fourth-order valence-corrected chi connectivity index (χ4v) is 2.33. The first-order chi connectivity index (χ1) is 12.0. The van der Waals surface area contributed by atoms with Crippen molar-refractivity contribution in [2.24, 2.45) is 7.05 Å². The van der Waals surface area contributed by atoms with Gasteiger partial charge in [0.05, 0.1) is 5.69 Å². The van der Waals surface area contributed by atoms with E-state index in [1.54, 1.807) is 44.6 Å². The number of carbonyl (C=O) groups is 1. The zero-order valence-corrected chi connectivity index (χ0v) is 14.3. The first-order valence-electron chi connectivity index (χ1n) is 7.31. The van der Waals surface area contributed by atoms with Crippen LogP contribution in [0.1, 0.15) is 17.1 Å². The molecule has 3 aromatic heterocycles. The number of nitrogens with zero attached hydrogens (tertiary/aromatic N) is 5. The van der Waals surface area contributed by atoms with Crippen molar-refractivity contribution in [3.8, 4) is 11.4 Å². The van der Waals surface area contributed by atoms with Gasteiger partial charge in [-0.25, -0.2) is 4.79 Å². The van der Waals surface area contributed by atoms with E-state index in [9.17, 15) is 4.79 Å². The third kappa shape index (κ3) is 3.92. The smallest absolute Gasteiger partial charge is 0.331 e. The van der Waals surface area contributed by atoms with Crippen LogP contribution in [0.15, 0.2) is 35.1 Å². The van der Waals surface area contributed by atoms with Crippen molar-refractivity contribution in [1.82, 2.24) is 24.9 Å². The van der Waals surface area contributed by atoms with Crippen molar-refractivity contribution >= 4 is 23.6 Å². The van der Waals surface area contributed by atoms with Crippen LogP contribution < -0.4 is 0 Å². The zero-order valence-electron chi connectivity index (χ0n) is 13.5. The summed E-state index contributed by atoms with van der Waals surface area (Å²) in [5, 5.41) is 8.42. The molecule has 128 valence electrons. The van der Waals surface area contributed by atoms with E-state index in [-0.39, 0.29) is 12.5 Å². The summed E-state index contributed by atoms with van der Waals surface area (Å²) in [4.78, 5) is 19.9. The fraction of sp³-hybridized carbons (Fsp3) is 0.188. The highest BCUT2D eigenvalue weighted by atomic mass is 35.5. The fourth-order valence-electron chi connectivity index (χ4n) is 2.09. The normalized spacial score (nSPS) is 11.2. The summed E-state index contributed by atoms with van der Waals surface area (Å²) in [5.41, 5.74) is 2.10. The van der Waals surface area contributed by atoms with Crippen LogP contribution in [0.5, 0.6) is 0 Å². The summed E-state index contributed by atoms with van der Waals surface area (Å²) in [6.07, 6.45) is 6.09. The van der Waals surface area contributed by atoms with Crippen molar-refractivity contribution < 1.29 is 14.1 Å². The van der Waals surface area contributed by atoms with Gasteiger partial charge in [-0.2, -0.15) is 10.1 Å². The molecule has 3 rings (SSSR count). The van der Waals surface area contributed by atoms with Crippen LogP contribution in [0.2, 0.25) is 5.15 Å². The van der Waals surface area contributed by atoms with Crippen molar-refractivity contribution in [3.63, 3.8) is 0 Å². The molecule has 0 unspecified atom stereocenters. The Balaban J connectivity index is 1.59. The second kappa shape index (κ2) is 7.27. The van der Waals surface area contributed by atoms with E-state index in [0.717, 1.165) is 5.69 Å². The lowest BCUT2D eigenvalue weighted by Crippen LogP contribution is -2.01. The van der Waals surface area contributed by atoms with Gasteiger partial charge < -0.3 is 9.26 Å². The predicted molar refractivity (Wildman–Crippen MR) is 89.3 cm³/mol. The van der Waals surface area contributed by atoms with E-state index >= 15 is 0 Å². The number of ether oxygens (including phenoxy) is 1. The summed E-state index contributed by atoms with van der Waals surface area (Å²) in [5.74, 6) is 0.0177. The van der Waals surface area contributed by atoms with Gasteiger partial charge in [0.15, 0.2) is 6.61 Å². The Labute approximate surface area is 148 Å². The Kier molecular flexibility index (Phi) is 4.90. The molecule has 3 heterocycles. The van der Waals surface area contributed by atoms with Crippen LogP contribution in [0.25, 0.3) is 17.5 Å². The van der Waals surface area contributed by atoms with Crippen molar-refractivity contribution in [3.05, 3.63) is 52.9 Å². The SMILES string of the molecule is Cc1nn(C)c(Cl)c1/C=C/C(=O)OCc1nc(-c2cccnc2)no1. The Morgan fingerprint density at radius 1 is 1.48 bits per heavy atom. The summed E-state index contributed by atoms with van der Waals surface area (Å²) < 4.78 is 11.7. The average Bonchev–Trinajstić information content (AvgIpc) is 3.18. The summed E-state index contributed by atoms with van der Waals surface area (Å²) >= 11 is 6.09. The Morgan fingerprint density at radius 2 is 2.32 bits per heavy atom. The minimum atomic E-state index is -0.555. The molecule has 0 fully saturated rings. The number of aromatic nitrogens is 5. The Hall–Kier alpha value is -3.00. The van der Waals surface area contributed by atoms with Gasteiger partial charge in [0.2, 0.25) is 5.82 Å². The van der Waals surface area contributed by atoms with E-state index in [2.05, 4.69) is 20.2 Å². The second-order valence-electron chi connectivity index (χ2n) is 5.11. The molecule has 0 aliphatic heterocycles. The first kappa shape index (κ1) is 16.8. The minimum absolute atomic E-state index is 0.129. The molecule has 0 amide bonds. The molecule has 0 aliphatic rings. The molecule has 0 bridgehead atoms. The van der Waals surface area contributed by atoms with Gasteiger partial charge in [0.25, 0.3) is 5.89 Å². The molecule has 0 saturated carbocycles. The number of pyridine rings is 1. The van der Waals surface area contributed by atoms with E-state index in [1.165, 1.54) is 10.8 Å². The molecule has 8 nitrogen and oxygen atoms in total. The van der Waals surface area contributed by atoms with Crippen molar-refractivity contribution in [1.29, 1.82) is 0 Å². The molecule has 3 aromatic rings. The highest BCUT2D eigenvalue weighted by Crippen LogP contribution is 2.20. The molecule has 0 radical (unpaired) electrons. The third-order valence-corrected chi connectivity index (χ3v) is 3.76. The molecule has 0 saturated heterocycles. The average molecular weight is 360 g/mol. The number of aryl methyl sites for hydroxylation is 2. The van der Waals surface area contributed by atoms with E-state index in [1.807, 2.05) is 0 Å². The highest BCUT2D eigenvalue weighted by molar-refractivity contribution is 6.31. The van der Waals surface area contributed by atoms with Crippen LogP contribution in [-0.4, -0.2) is 30.9 Å². The number of hydrogen-bond acceptors (Lipinski definition) is 7. The van der Waals surface area contributed by atoms with Gasteiger partial charge in [-0.05, 0) is 25.1 Å². The summed E-state index contributed by atoms with van der Waals surface area (Å²) in [7, 11) is 1.72. The van der Waals surface area contributed by atoms with Crippen LogP contribution >= 0.6 is 11.6 Å². The summed E-state index contributed by atoms with van der Waals surface area (Å²) in [6.45, 7) is 1.67. The quantitative estimate of drug-likeness (QED) is 0.510. The summed E-state index contributed by atoms with van der Waals surface area (Å²) in [6, 6.07) is 3.57. The third-order valence-electron chi connectivity index (χ3n) is 3.31. The zero-order chi connectivity index (χ0) is 17.8. The number of rotatable bonds is 5. The molecule has 25 heavy (non-hydrogen) atoms. The molecule has 9 heteroatoms. The molecular weight excluding hydrogens is 346 g/mol. The molecule has 0 aromatic carbocycles. The van der Waals surface area contributed by atoms with Gasteiger partial charge in [0, 0.05) is 36.6 Å². The van der Waals surface area contributed by atoms with E-state index in [4.69, 9.17) is 20.9 Å². The maximum Gasteiger partial charge on any atom is 0.331 e. The minimum Gasteiger partial charge on any atom is -0.452 e. The molecular formula is C16H14ClN5O3. The van der Waals surface area contributed by atoms with Crippen LogP contribution in [-0.2, 0) is 23.2 Å². The monoisotopic (exact) mass is 359 g/mol. The Bertz CT molecular complexity index is 917. The maximum atomic E-state index is 11.8. The van der Waals surface area contributed by atoms with Gasteiger partial charge >= 0.3 is 5.97 Å². The van der Waals surface area contributed by atoms with Gasteiger partial charge in [-0.3, -0.25) is 9.67 Å². The number of hydrogen-bond donors (Lipinski definition) is 0. The molecule has 0 N–H and O–H groups in total. The van der Waals surface area contributed by atoms with Gasteiger partial charge in [-0.1, -0.05) is 16.8 Å².